The normalized spacial score (nSPS) is 36.9. The van der Waals surface area contributed by atoms with E-state index in [0.29, 0.717) is 5.92 Å². The molecule has 1 heterocycles. The third-order valence-electron chi connectivity index (χ3n) is 3.21. The largest absolute Gasteiger partial charge is 0.390 e. The number of aliphatic hydroxyl groups excluding tert-OH is 1. The lowest BCUT2D eigenvalue weighted by molar-refractivity contribution is -0.0921. The molecule has 0 aromatic carbocycles. The average Bonchev–Trinajstić information content (AvgIpc) is 2.47. The van der Waals surface area contributed by atoms with Crippen molar-refractivity contribution in [3.8, 4) is 0 Å². The van der Waals surface area contributed by atoms with E-state index in [-0.39, 0.29) is 17.8 Å². The zero-order valence-electron chi connectivity index (χ0n) is 9.21. The Balaban J connectivity index is 2.49. The fourth-order valence-electron chi connectivity index (χ4n) is 1.86. The molecule has 1 aliphatic heterocycles. The minimum atomic E-state index is -0.298. The summed E-state index contributed by atoms with van der Waals surface area (Å²) in [4.78, 5) is 0. The van der Waals surface area contributed by atoms with Gasteiger partial charge in [-0.3, -0.25) is 0 Å². The molecule has 0 unspecified atom stereocenters. The number of rotatable bonds is 3. The SMILES string of the molecule is CC[C@]1(C)CC[C@H]([C@@H](O)C(C)C)O1. The number of aliphatic hydroxyl groups is 1. The molecular formula is C11H22O2. The summed E-state index contributed by atoms with van der Waals surface area (Å²) < 4.78 is 5.87. The van der Waals surface area contributed by atoms with Crippen molar-refractivity contribution in [2.24, 2.45) is 5.92 Å². The Hall–Kier alpha value is -0.0800. The summed E-state index contributed by atoms with van der Waals surface area (Å²) in [6.07, 6.45) is 2.88. The first-order valence-electron chi connectivity index (χ1n) is 5.34. The van der Waals surface area contributed by atoms with Crippen LogP contribution >= 0.6 is 0 Å². The fourth-order valence-corrected chi connectivity index (χ4v) is 1.86. The van der Waals surface area contributed by atoms with Gasteiger partial charge in [0.15, 0.2) is 0 Å². The topological polar surface area (TPSA) is 29.5 Å². The van der Waals surface area contributed by atoms with E-state index < -0.39 is 0 Å². The van der Waals surface area contributed by atoms with Crippen molar-refractivity contribution < 1.29 is 9.84 Å². The first-order chi connectivity index (χ1) is 5.98. The standard InChI is InChI=1S/C11H22O2/c1-5-11(4)7-6-9(13-11)10(12)8(2)3/h8-10,12H,5-7H2,1-4H3/t9-,10+,11-/m1/s1. The van der Waals surface area contributed by atoms with Crippen molar-refractivity contribution in [3.63, 3.8) is 0 Å². The van der Waals surface area contributed by atoms with Crippen LogP contribution in [0.1, 0.15) is 47.0 Å². The van der Waals surface area contributed by atoms with Crippen molar-refractivity contribution >= 4 is 0 Å². The van der Waals surface area contributed by atoms with E-state index in [0.717, 1.165) is 19.3 Å². The second kappa shape index (κ2) is 3.97. The van der Waals surface area contributed by atoms with Gasteiger partial charge in [-0.1, -0.05) is 20.8 Å². The molecule has 0 aliphatic carbocycles. The molecular weight excluding hydrogens is 164 g/mol. The Morgan fingerprint density at radius 3 is 2.54 bits per heavy atom. The Morgan fingerprint density at radius 2 is 2.15 bits per heavy atom. The van der Waals surface area contributed by atoms with E-state index in [1.165, 1.54) is 0 Å². The summed E-state index contributed by atoms with van der Waals surface area (Å²) in [5.74, 6) is 0.296. The van der Waals surface area contributed by atoms with Crippen LogP contribution in [0.5, 0.6) is 0 Å². The second-order valence-corrected chi connectivity index (χ2v) is 4.73. The third kappa shape index (κ3) is 2.44. The minimum absolute atomic E-state index is 0.0144. The molecule has 78 valence electrons. The van der Waals surface area contributed by atoms with Crippen LogP contribution in [0, 0.1) is 5.92 Å². The van der Waals surface area contributed by atoms with Gasteiger partial charge >= 0.3 is 0 Å². The van der Waals surface area contributed by atoms with Gasteiger partial charge in [0.25, 0.3) is 0 Å². The molecule has 13 heavy (non-hydrogen) atoms. The van der Waals surface area contributed by atoms with E-state index in [9.17, 15) is 5.11 Å². The summed E-state index contributed by atoms with van der Waals surface area (Å²) in [5.41, 5.74) is 0.0144. The summed E-state index contributed by atoms with van der Waals surface area (Å²) in [7, 11) is 0. The molecule has 0 bridgehead atoms. The smallest absolute Gasteiger partial charge is 0.0844 e. The van der Waals surface area contributed by atoms with Crippen molar-refractivity contribution in [2.45, 2.75) is 64.8 Å². The van der Waals surface area contributed by atoms with Gasteiger partial charge in [-0.05, 0) is 32.1 Å². The lowest BCUT2D eigenvalue weighted by atomic mass is 9.96. The molecule has 0 radical (unpaired) electrons. The summed E-state index contributed by atoms with van der Waals surface area (Å²) in [6.45, 7) is 8.36. The average molecular weight is 186 g/mol. The van der Waals surface area contributed by atoms with Crippen LogP contribution in [-0.2, 0) is 4.74 Å². The lowest BCUT2D eigenvalue weighted by Gasteiger charge is -2.26. The predicted molar refractivity (Wildman–Crippen MR) is 53.6 cm³/mol. The number of hydrogen-bond donors (Lipinski definition) is 1. The van der Waals surface area contributed by atoms with Crippen molar-refractivity contribution in [3.05, 3.63) is 0 Å². The van der Waals surface area contributed by atoms with E-state index in [1.807, 2.05) is 13.8 Å². The molecule has 1 saturated heterocycles. The van der Waals surface area contributed by atoms with Crippen molar-refractivity contribution in [1.82, 2.24) is 0 Å². The van der Waals surface area contributed by atoms with Gasteiger partial charge in [0, 0.05) is 0 Å². The predicted octanol–water partition coefficient (Wildman–Crippen LogP) is 2.35. The molecule has 0 aromatic heterocycles. The van der Waals surface area contributed by atoms with Crippen LogP contribution in [-0.4, -0.2) is 22.9 Å². The molecule has 0 aromatic rings. The van der Waals surface area contributed by atoms with E-state index in [2.05, 4.69) is 13.8 Å². The lowest BCUT2D eigenvalue weighted by Crippen LogP contribution is -2.33. The molecule has 2 heteroatoms. The highest BCUT2D eigenvalue weighted by molar-refractivity contribution is 4.87. The highest BCUT2D eigenvalue weighted by Gasteiger charge is 2.38. The quantitative estimate of drug-likeness (QED) is 0.733. The zero-order valence-corrected chi connectivity index (χ0v) is 9.21. The molecule has 0 amide bonds. The molecule has 1 N–H and O–H groups in total. The van der Waals surface area contributed by atoms with Crippen molar-refractivity contribution in [1.29, 1.82) is 0 Å². The van der Waals surface area contributed by atoms with Gasteiger partial charge in [0.1, 0.15) is 0 Å². The molecule has 2 nitrogen and oxygen atoms in total. The Bertz CT molecular complexity index is 167. The Morgan fingerprint density at radius 1 is 1.54 bits per heavy atom. The maximum atomic E-state index is 9.83. The van der Waals surface area contributed by atoms with E-state index >= 15 is 0 Å². The summed E-state index contributed by atoms with van der Waals surface area (Å²) in [6, 6.07) is 0. The third-order valence-corrected chi connectivity index (χ3v) is 3.21. The maximum Gasteiger partial charge on any atom is 0.0844 e. The van der Waals surface area contributed by atoms with Crippen molar-refractivity contribution in [2.75, 3.05) is 0 Å². The van der Waals surface area contributed by atoms with Gasteiger partial charge in [0.05, 0.1) is 17.8 Å². The molecule has 1 fully saturated rings. The van der Waals surface area contributed by atoms with Crippen LogP contribution < -0.4 is 0 Å². The van der Waals surface area contributed by atoms with Crippen LogP contribution in [0.4, 0.5) is 0 Å². The Kier molecular flexibility index (Phi) is 3.36. The molecule has 3 atom stereocenters. The zero-order chi connectivity index (χ0) is 10.1. The van der Waals surface area contributed by atoms with Gasteiger partial charge in [-0.2, -0.15) is 0 Å². The molecule has 0 saturated carbocycles. The fraction of sp³-hybridized carbons (Fsp3) is 1.00. The second-order valence-electron chi connectivity index (χ2n) is 4.73. The van der Waals surface area contributed by atoms with E-state index in [1.54, 1.807) is 0 Å². The highest BCUT2D eigenvalue weighted by atomic mass is 16.5. The monoisotopic (exact) mass is 186 g/mol. The molecule has 0 spiro atoms. The maximum absolute atomic E-state index is 9.83. The van der Waals surface area contributed by atoms with E-state index in [4.69, 9.17) is 4.74 Å². The first-order valence-corrected chi connectivity index (χ1v) is 5.34. The molecule has 1 rings (SSSR count). The van der Waals surface area contributed by atoms with Gasteiger partial charge in [-0.15, -0.1) is 0 Å². The van der Waals surface area contributed by atoms with Gasteiger partial charge in [-0.25, -0.2) is 0 Å². The van der Waals surface area contributed by atoms with Crippen LogP contribution in [0.3, 0.4) is 0 Å². The van der Waals surface area contributed by atoms with Gasteiger partial charge < -0.3 is 9.84 Å². The first kappa shape index (κ1) is 11.0. The summed E-state index contributed by atoms with van der Waals surface area (Å²) >= 11 is 0. The van der Waals surface area contributed by atoms with Crippen LogP contribution in [0.2, 0.25) is 0 Å². The number of hydrogen-bond acceptors (Lipinski definition) is 2. The Labute approximate surface area is 81.3 Å². The van der Waals surface area contributed by atoms with Gasteiger partial charge in [0.2, 0.25) is 0 Å². The number of ether oxygens (including phenoxy) is 1. The van der Waals surface area contributed by atoms with Crippen LogP contribution in [0.15, 0.2) is 0 Å². The van der Waals surface area contributed by atoms with Crippen LogP contribution in [0.25, 0.3) is 0 Å². The minimum Gasteiger partial charge on any atom is -0.390 e. The summed E-state index contributed by atoms with van der Waals surface area (Å²) in [5, 5.41) is 9.83. The molecule has 1 aliphatic rings. The highest BCUT2D eigenvalue weighted by Crippen LogP contribution is 2.35.